The van der Waals surface area contributed by atoms with Gasteiger partial charge in [-0.3, -0.25) is 4.79 Å². The van der Waals surface area contributed by atoms with Gasteiger partial charge in [0.25, 0.3) is 5.91 Å². The summed E-state index contributed by atoms with van der Waals surface area (Å²) in [6.45, 7) is 11.6. The minimum absolute atomic E-state index is 0.140. The van der Waals surface area contributed by atoms with Crippen molar-refractivity contribution in [2.75, 3.05) is 30.3 Å². The summed E-state index contributed by atoms with van der Waals surface area (Å²) in [5, 5.41) is 0. The van der Waals surface area contributed by atoms with Crippen molar-refractivity contribution in [3.8, 4) is 5.75 Å². The van der Waals surface area contributed by atoms with Crippen molar-refractivity contribution >= 4 is 21.7 Å². The minimum Gasteiger partial charge on any atom is -0.382 e. The highest BCUT2D eigenvalue weighted by atomic mass is 32.2. The number of carbonyl (C=O) groups excluding carboxylic acids is 1. The van der Waals surface area contributed by atoms with E-state index in [0.29, 0.717) is 12.1 Å². The molecule has 0 saturated heterocycles. The van der Waals surface area contributed by atoms with E-state index in [4.69, 9.17) is 4.18 Å². The monoisotopic (exact) mass is 464 g/mol. The first-order valence-electron chi connectivity index (χ1n) is 10.9. The summed E-state index contributed by atoms with van der Waals surface area (Å²) in [5.74, 6) is -0.611. The van der Waals surface area contributed by atoms with Gasteiger partial charge < -0.3 is 14.0 Å². The summed E-state index contributed by atoms with van der Waals surface area (Å²) in [5.41, 5.74) is 1.66. The molecule has 0 radical (unpaired) electrons. The third-order valence-corrected chi connectivity index (χ3v) is 6.20. The molecular weight excluding hydrogens is 431 g/mol. The average Bonchev–Trinajstić information content (AvgIpc) is 2.74. The molecule has 0 heterocycles. The Morgan fingerprint density at radius 3 is 2.31 bits per heavy atom. The molecule has 32 heavy (non-hydrogen) atoms. The molecule has 0 aromatic heterocycles. The van der Waals surface area contributed by atoms with Crippen molar-refractivity contribution in [2.45, 2.75) is 41.2 Å². The normalized spacial score (nSPS) is 11.5. The smallest absolute Gasteiger partial charge is 0.308 e. The van der Waals surface area contributed by atoms with Crippen LogP contribution < -0.4 is 9.08 Å². The molecule has 0 fully saturated rings. The lowest BCUT2D eigenvalue weighted by atomic mass is 10.1. The van der Waals surface area contributed by atoms with E-state index in [1.165, 1.54) is 25.1 Å². The second-order valence-corrected chi connectivity index (χ2v) is 9.84. The van der Waals surface area contributed by atoms with Crippen molar-refractivity contribution < 1.29 is 21.8 Å². The molecule has 0 bridgehead atoms. The first kappa shape index (κ1) is 25.6. The van der Waals surface area contributed by atoms with Gasteiger partial charge in [0, 0.05) is 49.1 Å². The van der Waals surface area contributed by atoms with Crippen LogP contribution in [0.1, 0.15) is 50.5 Å². The molecule has 176 valence electrons. The van der Waals surface area contributed by atoms with Crippen LogP contribution in [0.3, 0.4) is 0 Å². The number of hydrogen-bond acceptors (Lipinski definition) is 5. The molecule has 0 saturated carbocycles. The predicted molar refractivity (Wildman–Crippen MR) is 126 cm³/mol. The Labute approximate surface area is 191 Å². The lowest BCUT2D eigenvalue weighted by Crippen LogP contribution is -2.34. The second kappa shape index (κ2) is 11.3. The highest BCUT2D eigenvalue weighted by molar-refractivity contribution is 7.87. The molecule has 0 aliphatic heterocycles. The van der Waals surface area contributed by atoms with Crippen LogP contribution in [0.2, 0.25) is 0 Å². The molecule has 2 aromatic rings. The van der Waals surface area contributed by atoms with Crippen LogP contribution >= 0.6 is 0 Å². The Balaban J connectivity index is 2.47. The molecule has 0 aliphatic rings. The van der Waals surface area contributed by atoms with Gasteiger partial charge in [0.05, 0.1) is 5.75 Å². The van der Waals surface area contributed by atoms with Crippen molar-refractivity contribution in [3.63, 3.8) is 0 Å². The molecule has 0 N–H and O–H groups in total. The SMILES string of the molecule is CCN(CC)c1ccc(CN(CC(C)C)C(=O)c2cccc(F)c2)c(OS(=O)(=O)CC)c1. The number of nitrogens with zero attached hydrogens (tertiary/aromatic N) is 2. The lowest BCUT2D eigenvalue weighted by Gasteiger charge is -2.27. The summed E-state index contributed by atoms with van der Waals surface area (Å²) >= 11 is 0. The number of halogens is 1. The van der Waals surface area contributed by atoms with Crippen molar-refractivity contribution in [1.82, 2.24) is 4.90 Å². The largest absolute Gasteiger partial charge is 0.382 e. The van der Waals surface area contributed by atoms with Crippen LogP contribution in [0.15, 0.2) is 42.5 Å². The number of hydrogen-bond donors (Lipinski definition) is 0. The highest BCUT2D eigenvalue weighted by Gasteiger charge is 2.22. The fourth-order valence-electron chi connectivity index (χ4n) is 3.40. The zero-order chi connectivity index (χ0) is 23.9. The molecule has 0 spiro atoms. The van der Waals surface area contributed by atoms with Crippen LogP contribution in [-0.2, 0) is 16.7 Å². The maximum absolute atomic E-state index is 13.7. The molecule has 0 aliphatic carbocycles. The summed E-state index contributed by atoms with van der Waals surface area (Å²) < 4.78 is 43.6. The third-order valence-electron chi connectivity index (χ3n) is 5.06. The van der Waals surface area contributed by atoms with Gasteiger partial charge in [-0.05, 0) is 51.0 Å². The van der Waals surface area contributed by atoms with Gasteiger partial charge in [0.2, 0.25) is 0 Å². The number of anilines is 1. The van der Waals surface area contributed by atoms with Crippen LogP contribution in [0.4, 0.5) is 10.1 Å². The minimum atomic E-state index is -3.76. The van der Waals surface area contributed by atoms with Crippen LogP contribution in [0.25, 0.3) is 0 Å². The molecular formula is C24H33FN2O4S. The van der Waals surface area contributed by atoms with Crippen LogP contribution in [0.5, 0.6) is 5.75 Å². The quantitative estimate of drug-likeness (QED) is 0.451. The average molecular weight is 465 g/mol. The van der Waals surface area contributed by atoms with Crippen molar-refractivity contribution in [3.05, 3.63) is 59.4 Å². The van der Waals surface area contributed by atoms with Gasteiger partial charge in [0.15, 0.2) is 0 Å². The maximum atomic E-state index is 13.7. The zero-order valence-electron chi connectivity index (χ0n) is 19.5. The molecule has 0 unspecified atom stereocenters. The Bertz CT molecular complexity index is 1020. The van der Waals surface area contributed by atoms with E-state index in [1.54, 1.807) is 23.1 Å². The van der Waals surface area contributed by atoms with Crippen molar-refractivity contribution in [1.29, 1.82) is 0 Å². The van der Waals surface area contributed by atoms with E-state index in [-0.39, 0.29) is 35.4 Å². The Morgan fingerprint density at radius 2 is 1.75 bits per heavy atom. The molecule has 6 nitrogen and oxygen atoms in total. The fourth-order valence-corrected chi connectivity index (χ4v) is 3.95. The Morgan fingerprint density at radius 1 is 1.06 bits per heavy atom. The summed E-state index contributed by atoms with van der Waals surface area (Å²) in [6.07, 6.45) is 0. The summed E-state index contributed by atoms with van der Waals surface area (Å²) in [6, 6.07) is 11.0. The summed E-state index contributed by atoms with van der Waals surface area (Å²) in [7, 11) is -3.76. The van der Waals surface area contributed by atoms with E-state index in [2.05, 4.69) is 4.90 Å². The first-order valence-corrected chi connectivity index (χ1v) is 12.5. The van der Waals surface area contributed by atoms with Gasteiger partial charge in [-0.25, -0.2) is 4.39 Å². The van der Waals surface area contributed by atoms with E-state index in [1.807, 2.05) is 33.8 Å². The predicted octanol–water partition coefficient (Wildman–Crippen LogP) is 4.70. The number of benzene rings is 2. The van der Waals surface area contributed by atoms with E-state index < -0.39 is 15.9 Å². The number of amides is 1. The Hall–Kier alpha value is -2.61. The summed E-state index contributed by atoms with van der Waals surface area (Å²) in [4.78, 5) is 16.8. The van der Waals surface area contributed by atoms with E-state index in [0.717, 1.165) is 18.8 Å². The molecule has 8 heteroatoms. The van der Waals surface area contributed by atoms with Gasteiger partial charge in [0.1, 0.15) is 11.6 Å². The Kier molecular flexibility index (Phi) is 9.07. The topological polar surface area (TPSA) is 66.9 Å². The van der Waals surface area contributed by atoms with E-state index in [9.17, 15) is 17.6 Å². The lowest BCUT2D eigenvalue weighted by molar-refractivity contribution is 0.0721. The van der Waals surface area contributed by atoms with Gasteiger partial charge in [-0.1, -0.05) is 26.0 Å². The van der Waals surface area contributed by atoms with Gasteiger partial charge in [-0.15, -0.1) is 0 Å². The highest BCUT2D eigenvalue weighted by Crippen LogP contribution is 2.29. The fraction of sp³-hybridized carbons (Fsp3) is 0.458. The molecule has 2 aromatic carbocycles. The van der Waals surface area contributed by atoms with Crippen molar-refractivity contribution in [2.24, 2.45) is 5.92 Å². The zero-order valence-corrected chi connectivity index (χ0v) is 20.3. The number of carbonyl (C=O) groups is 1. The molecule has 1 amide bonds. The third kappa shape index (κ3) is 6.95. The molecule has 0 atom stereocenters. The molecule has 2 rings (SSSR count). The van der Waals surface area contributed by atoms with Crippen LogP contribution in [-0.4, -0.2) is 44.6 Å². The number of rotatable bonds is 11. The standard InChI is InChI=1S/C24H33FN2O4S/c1-6-26(7-2)22-13-12-20(23(15-22)31-32(29,30)8-3)17-27(16-18(4)5)24(28)19-10-9-11-21(25)14-19/h9-15,18H,6-8,16-17H2,1-5H3. The van der Waals surface area contributed by atoms with Crippen LogP contribution in [0, 0.1) is 11.7 Å². The second-order valence-electron chi connectivity index (χ2n) is 7.98. The maximum Gasteiger partial charge on any atom is 0.308 e. The van der Waals surface area contributed by atoms with Gasteiger partial charge >= 0.3 is 10.1 Å². The van der Waals surface area contributed by atoms with E-state index >= 15 is 0 Å². The first-order chi connectivity index (χ1) is 15.1. The van der Waals surface area contributed by atoms with Gasteiger partial charge in [-0.2, -0.15) is 8.42 Å².